The van der Waals surface area contributed by atoms with E-state index in [0.717, 1.165) is 12.6 Å². The lowest BCUT2D eigenvalue weighted by atomic mass is 9.90. The van der Waals surface area contributed by atoms with Crippen LogP contribution in [0.25, 0.3) is 0 Å². The van der Waals surface area contributed by atoms with Gasteiger partial charge in [0.1, 0.15) is 0 Å². The van der Waals surface area contributed by atoms with Crippen LogP contribution in [0, 0.1) is 0 Å². The number of hydrogen-bond donors (Lipinski definition) is 0. The molecule has 16 heavy (non-hydrogen) atoms. The average molecular weight is 224 g/mol. The zero-order valence-electron chi connectivity index (χ0n) is 10.6. The first-order valence-corrected chi connectivity index (χ1v) is 6.81. The molecule has 0 aromatic heterocycles. The van der Waals surface area contributed by atoms with Crippen molar-refractivity contribution >= 4 is 0 Å². The van der Waals surface area contributed by atoms with Crippen LogP contribution in [0.2, 0.25) is 0 Å². The third kappa shape index (κ3) is 1.60. The molecule has 3 nitrogen and oxygen atoms in total. The van der Waals surface area contributed by atoms with Crippen molar-refractivity contribution in [2.24, 2.45) is 0 Å². The van der Waals surface area contributed by atoms with Gasteiger partial charge in [-0.25, -0.2) is 0 Å². The largest absolute Gasteiger partial charge is 0.377 e. The number of hydrogen-bond acceptors (Lipinski definition) is 3. The smallest absolute Gasteiger partial charge is 0.0728 e. The standard InChI is InChI=1S/C13H24N2O/c1-11-13(2,5-9-16-11)15-8-7-14-6-3-4-12(14)10-15/h11-12H,3-10H2,1-2H3. The highest BCUT2D eigenvalue weighted by molar-refractivity contribution is 5.00. The predicted octanol–water partition coefficient (Wildman–Crippen LogP) is 1.33. The van der Waals surface area contributed by atoms with Gasteiger partial charge in [-0.2, -0.15) is 0 Å². The molecule has 3 heterocycles. The molecule has 92 valence electrons. The first-order chi connectivity index (χ1) is 7.70. The van der Waals surface area contributed by atoms with Gasteiger partial charge < -0.3 is 4.74 Å². The molecule has 0 aliphatic carbocycles. The number of fused-ring (bicyclic) bond motifs is 1. The normalized spacial score (nSPS) is 46.1. The molecule has 0 spiro atoms. The van der Waals surface area contributed by atoms with E-state index >= 15 is 0 Å². The maximum atomic E-state index is 5.78. The first kappa shape index (κ1) is 11.0. The van der Waals surface area contributed by atoms with Crippen LogP contribution in [0.3, 0.4) is 0 Å². The lowest BCUT2D eigenvalue weighted by Gasteiger charge is -2.47. The molecule has 3 unspecified atom stereocenters. The fraction of sp³-hybridized carbons (Fsp3) is 1.00. The van der Waals surface area contributed by atoms with Gasteiger partial charge in [-0.3, -0.25) is 9.80 Å². The predicted molar refractivity (Wildman–Crippen MR) is 64.6 cm³/mol. The van der Waals surface area contributed by atoms with Crippen molar-refractivity contribution in [3.8, 4) is 0 Å². The Morgan fingerprint density at radius 2 is 2.12 bits per heavy atom. The molecule has 3 fully saturated rings. The summed E-state index contributed by atoms with van der Waals surface area (Å²) < 4.78 is 5.78. The molecule has 3 rings (SSSR count). The third-order valence-electron chi connectivity index (χ3n) is 5.16. The van der Waals surface area contributed by atoms with Crippen molar-refractivity contribution in [1.82, 2.24) is 9.80 Å². The fourth-order valence-electron chi connectivity index (χ4n) is 3.70. The number of nitrogens with zero attached hydrogens (tertiary/aromatic N) is 2. The summed E-state index contributed by atoms with van der Waals surface area (Å²) in [4.78, 5) is 5.39. The fourth-order valence-corrected chi connectivity index (χ4v) is 3.70. The van der Waals surface area contributed by atoms with Crippen LogP contribution in [0.5, 0.6) is 0 Å². The average Bonchev–Trinajstić information content (AvgIpc) is 2.86. The summed E-state index contributed by atoms with van der Waals surface area (Å²) in [6.07, 6.45) is 4.42. The van der Waals surface area contributed by atoms with Gasteiger partial charge in [0.15, 0.2) is 0 Å². The Hall–Kier alpha value is -0.120. The number of piperazine rings is 1. The molecule has 0 saturated carbocycles. The van der Waals surface area contributed by atoms with Crippen LogP contribution in [0.4, 0.5) is 0 Å². The quantitative estimate of drug-likeness (QED) is 0.668. The molecule has 0 aromatic rings. The second kappa shape index (κ2) is 3.97. The topological polar surface area (TPSA) is 15.7 Å². The van der Waals surface area contributed by atoms with Crippen molar-refractivity contribution in [3.05, 3.63) is 0 Å². The molecule has 0 N–H and O–H groups in total. The Balaban J connectivity index is 1.71. The van der Waals surface area contributed by atoms with E-state index in [-0.39, 0.29) is 0 Å². The lowest BCUT2D eigenvalue weighted by molar-refractivity contribution is -0.0176. The highest BCUT2D eigenvalue weighted by Crippen LogP contribution is 2.34. The zero-order valence-corrected chi connectivity index (χ0v) is 10.6. The Kier molecular flexibility index (Phi) is 2.73. The van der Waals surface area contributed by atoms with Gasteiger partial charge in [-0.1, -0.05) is 0 Å². The van der Waals surface area contributed by atoms with Crippen molar-refractivity contribution in [2.75, 3.05) is 32.8 Å². The second-order valence-corrected chi connectivity index (χ2v) is 5.90. The molecular weight excluding hydrogens is 200 g/mol. The summed E-state index contributed by atoms with van der Waals surface area (Å²) in [5.74, 6) is 0. The van der Waals surface area contributed by atoms with Gasteiger partial charge in [0, 0.05) is 37.8 Å². The van der Waals surface area contributed by atoms with E-state index in [1.807, 2.05) is 0 Å². The molecule has 3 saturated heterocycles. The Labute approximate surface area is 98.7 Å². The molecule has 0 bridgehead atoms. The van der Waals surface area contributed by atoms with Gasteiger partial charge in [0.25, 0.3) is 0 Å². The molecule has 0 aromatic carbocycles. The number of ether oxygens (including phenoxy) is 1. The van der Waals surface area contributed by atoms with E-state index in [1.165, 1.54) is 45.4 Å². The van der Waals surface area contributed by atoms with Crippen molar-refractivity contribution in [3.63, 3.8) is 0 Å². The molecule has 3 aliphatic heterocycles. The van der Waals surface area contributed by atoms with Crippen LogP contribution in [0.1, 0.15) is 33.1 Å². The molecule has 0 amide bonds. The Morgan fingerprint density at radius 1 is 1.25 bits per heavy atom. The molecule has 3 aliphatic rings. The Morgan fingerprint density at radius 3 is 2.88 bits per heavy atom. The summed E-state index contributed by atoms with van der Waals surface area (Å²) in [6, 6.07) is 0.832. The van der Waals surface area contributed by atoms with Crippen LogP contribution < -0.4 is 0 Å². The Bertz CT molecular complexity index is 271. The highest BCUT2D eigenvalue weighted by atomic mass is 16.5. The van der Waals surface area contributed by atoms with Gasteiger partial charge in [-0.15, -0.1) is 0 Å². The van der Waals surface area contributed by atoms with E-state index in [0.29, 0.717) is 11.6 Å². The lowest BCUT2D eigenvalue weighted by Crippen LogP contribution is -2.60. The molecule has 3 heteroatoms. The summed E-state index contributed by atoms with van der Waals surface area (Å²) in [7, 11) is 0. The summed E-state index contributed by atoms with van der Waals surface area (Å²) >= 11 is 0. The maximum absolute atomic E-state index is 5.78. The van der Waals surface area contributed by atoms with Crippen molar-refractivity contribution in [2.45, 2.75) is 50.8 Å². The zero-order chi connectivity index (χ0) is 11.2. The maximum Gasteiger partial charge on any atom is 0.0728 e. The highest BCUT2D eigenvalue weighted by Gasteiger charge is 2.45. The van der Waals surface area contributed by atoms with Crippen molar-refractivity contribution < 1.29 is 4.74 Å². The SMILES string of the molecule is CC1OCCC1(C)N1CCN2CCCC2C1. The van der Waals surface area contributed by atoms with Gasteiger partial charge in [-0.05, 0) is 39.7 Å². The van der Waals surface area contributed by atoms with Gasteiger partial charge in [0.05, 0.1) is 6.10 Å². The monoisotopic (exact) mass is 224 g/mol. The van der Waals surface area contributed by atoms with Gasteiger partial charge >= 0.3 is 0 Å². The van der Waals surface area contributed by atoms with E-state index in [9.17, 15) is 0 Å². The van der Waals surface area contributed by atoms with E-state index in [2.05, 4.69) is 23.6 Å². The third-order valence-corrected chi connectivity index (χ3v) is 5.16. The molecule has 0 radical (unpaired) electrons. The minimum absolute atomic E-state index is 0.300. The van der Waals surface area contributed by atoms with Crippen LogP contribution in [-0.4, -0.2) is 60.3 Å². The molecule has 3 atom stereocenters. The van der Waals surface area contributed by atoms with Crippen LogP contribution >= 0.6 is 0 Å². The van der Waals surface area contributed by atoms with E-state index < -0.39 is 0 Å². The number of rotatable bonds is 1. The van der Waals surface area contributed by atoms with Gasteiger partial charge in [0.2, 0.25) is 0 Å². The summed E-state index contributed by atoms with van der Waals surface area (Å²) in [5.41, 5.74) is 0.300. The van der Waals surface area contributed by atoms with Crippen molar-refractivity contribution in [1.29, 1.82) is 0 Å². The minimum Gasteiger partial charge on any atom is -0.377 e. The summed E-state index contributed by atoms with van der Waals surface area (Å²) in [6.45, 7) is 10.7. The first-order valence-electron chi connectivity index (χ1n) is 6.81. The summed E-state index contributed by atoms with van der Waals surface area (Å²) in [5, 5.41) is 0. The minimum atomic E-state index is 0.300. The van der Waals surface area contributed by atoms with E-state index in [4.69, 9.17) is 4.74 Å². The molecular formula is C13H24N2O. The second-order valence-electron chi connectivity index (χ2n) is 5.90. The van der Waals surface area contributed by atoms with Crippen LogP contribution in [0.15, 0.2) is 0 Å². The van der Waals surface area contributed by atoms with Crippen LogP contribution in [-0.2, 0) is 4.74 Å². The van der Waals surface area contributed by atoms with E-state index in [1.54, 1.807) is 0 Å².